The summed E-state index contributed by atoms with van der Waals surface area (Å²) in [4.78, 5) is 31.2. The van der Waals surface area contributed by atoms with E-state index in [9.17, 15) is 0 Å². The van der Waals surface area contributed by atoms with Crippen molar-refractivity contribution in [1.82, 2.24) is 29.9 Å². The van der Waals surface area contributed by atoms with Crippen LogP contribution in [-0.4, -0.2) is 29.9 Å². The SMILES string of the molecule is c1ccc(-c2cccc(-c3nc(-c4ccc(-c5ccc6oc7ccccc7c6c5)cc4)c4ccc5ccccc5c4n3)c2)cc1.c1ccc(-c2nc3ccc4cc(-c5ccc(-c6cccc7oc8ccccc8c67)cc5)ccc4c3nc2-c2ccccc2)cc1.c1ccc(-c2nc3ccc4cc(-c5cccc6oc7ccccc7c56)ccc4c3nc2-c2ccccc2)cc1. The molecule has 0 unspecified atom stereocenters. The Balaban J connectivity index is 0.000000108. The third-order valence-electron chi connectivity index (χ3n) is 24.8. The number of rotatable bonds is 11. The second-order valence-electron chi connectivity index (χ2n) is 32.6. The van der Waals surface area contributed by atoms with E-state index < -0.39 is 0 Å². The topological polar surface area (TPSA) is 117 Å². The summed E-state index contributed by atoms with van der Waals surface area (Å²) >= 11 is 0. The standard InChI is InChI=1S/2C42H26N2O.C36H22N2O/c1-3-10-29(11-4-1)40-41(30-12-5-2-6-13-30)44-42-34-24-22-31(26-32(34)23-25-36(42)43-40)27-18-20-28(21-19-27)33-15-9-17-38-39(33)35-14-7-8-16-37(35)45-38;1-2-9-27(10-3-1)31-12-8-13-33(25-31)42-43-40(36-23-21-29-11-4-5-14-34(29)41(36)44-42)30-19-17-28(18-20-30)32-22-24-39-37(26-32)35-15-6-7-16-38(35)45-39;1-3-10-23(11-4-1)34-35(24-12-5-2-6-13-24)38-36-28-20-18-25(22-26(28)19-21-30(36)37-34)27-15-9-17-32-33(27)29-14-7-8-16-31(29)39-32/h2*1-26H;1-22H. The monoisotopic (exact) mass is 1650 g/mol. The molecule has 9 heteroatoms. The van der Waals surface area contributed by atoms with Crippen molar-refractivity contribution in [3.63, 3.8) is 0 Å². The molecule has 20 aromatic carbocycles. The van der Waals surface area contributed by atoms with E-state index in [0.29, 0.717) is 5.82 Å². The number of benzene rings is 20. The minimum atomic E-state index is 0.716. The Morgan fingerprint density at radius 1 is 0.147 bits per heavy atom. The molecule has 0 N–H and O–H groups in total. The maximum Gasteiger partial charge on any atom is 0.160 e. The first-order valence-electron chi connectivity index (χ1n) is 43.4. The molecule has 6 heterocycles. The average molecular weight is 1650 g/mol. The summed E-state index contributed by atoms with van der Waals surface area (Å²) in [5.74, 6) is 0.716. The molecular formula is C120H74N6O3. The van der Waals surface area contributed by atoms with Crippen LogP contribution >= 0.6 is 0 Å². The Morgan fingerprint density at radius 2 is 0.488 bits per heavy atom. The highest BCUT2D eigenvalue weighted by Gasteiger charge is 2.22. The number of para-hydroxylation sites is 3. The van der Waals surface area contributed by atoms with Crippen molar-refractivity contribution in [2.45, 2.75) is 0 Å². The fourth-order valence-electron chi connectivity index (χ4n) is 18.5. The van der Waals surface area contributed by atoms with Gasteiger partial charge in [-0.25, -0.2) is 29.9 Å². The van der Waals surface area contributed by atoms with Crippen molar-refractivity contribution in [2.24, 2.45) is 0 Å². The van der Waals surface area contributed by atoms with Crippen LogP contribution in [0, 0.1) is 0 Å². The van der Waals surface area contributed by atoms with Gasteiger partial charge in [-0.05, 0) is 151 Å². The summed E-state index contributed by atoms with van der Waals surface area (Å²) in [6.45, 7) is 0. The molecule has 0 spiro atoms. The first-order chi connectivity index (χ1) is 63.9. The molecule has 0 bridgehead atoms. The minimum absolute atomic E-state index is 0.716. The van der Waals surface area contributed by atoms with Gasteiger partial charge in [0.25, 0.3) is 0 Å². The van der Waals surface area contributed by atoms with Gasteiger partial charge in [0.2, 0.25) is 0 Å². The Morgan fingerprint density at radius 3 is 1.05 bits per heavy atom. The van der Waals surface area contributed by atoms with Crippen LogP contribution in [0.25, 0.3) is 254 Å². The lowest BCUT2D eigenvalue weighted by atomic mass is 9.96. The Kier molecular flexibility index (Phi) is 18.7. The van der Waals surface area contributed by atoms with Crippen LogP contribution < -0.4 is 0 Å². The largest absolute Gasteiger partial charge is 0.456 e. The molecule has 26 rings (SSSR count). The van der Waals surface area contributed by atoms with Gasteiger partial charge in [-0.3, -0.25) is 0 Å². The van der Waals surface area contributed by atoms with Gasteiger partial charge in [0.1, 0.15) is 33.5 Å². The molecule has 0 atom stereocenters. The molecule has 6 aromatic heterocycles. The van der Waals surface area contributed by atoms with Gasteiger partial charge < -0.3 is 13.3 Å². The molecular weight excluding hydrogens is 1570 g/mol. The summed E-state index contributed by atoms with van der Waals surface area (Å²) in [5.41, 5.74) is 32.3. The Hall–Kier alpha value is -17.4. The molecule has 0 aliphatic rings. The fraction of sp³-hybridized carbons (Fsp3) is 0. The molecule has 9 nitrogen and oxygen atoms in total. The quantitative estimate of drug-likeness (QED) is 0.117. The van der Waals surface area contributed by atoms with Crippen LogP contribution in [0.5, 0.6) is 0 Å². The molecule has 0 aliphatic carbocycles. The van der Waals surface area contributed by atoms with Crippen LogP contribution in [0.2, 0.25) is 0 Å². The van der Waals surface area contributed by atoms with E-state index >= 15 is 0 Å². The lowest BCUT2D eigenvalue weighted by Crippen LogP contribution is -1.96. The van der Waals surface area contributed by atoms with Crippen LogP contribution in [0.3, 0.4) is 0 Å². The maximum absolute atomic E-state index is 6.14. The van der Waals surface area contributed by atoms with Crippen LogP contribution in [0.4, 0.5) is 0 Å². The van der Waals surface area contributed by atoms with Gasteiger partial charge in [0, 0.05) is 87.2 Å². The van der Waals surface area contributed by atoms with E-state index in [2.05, 4.69) is 334 Å². The van der Waals surface area contributed by atoms with Gasteiger partial charge >= 0.3 is 0 Å². The molecule has 0 saturated carbocycles. The number of hydrogen-bond donors (Lipinski definition) is 0. The predicted octanol–water partition coefficient (Wildman–Crippen LogP) is 32.4. The average Bonchev–Trinajstić information content (AvgIpc) is 1.71. The molecule has 26 aromatic rings. The fourth-order valence-corrected chi connectivity index (χ4v) is 18.5. The van der Waals surface area contributed by atoms with E-state index in [0.717, 1.165) is 226 Å². The molecule has 0 amide bonds. The molecule has 0 saturated heterocycles. The number of hydrogen-bond acceptors (Lipinski definition) is 9. The normalized spacial score (nSPS) is 11.6. The summed E-state index contributed by atoms with van der Waals surface area (Å²) in [5, 5.41) is 14.6. The van der Waals surface area contributed by atoms with Crippen molar-refractivity contribution < 1.29 is 13.3 Å². The van der Waals surface area contributed by atoms with Crippen LogP contribution in [-0.2, 0) is 0 Å². The van der Waals surface area contributed by atoms with E-state index in [1.165, 1.54) is 22.3 Å². The van der Waals surface area contributed by atoms with Crippen molar-refractivity contribution in [3.05, 3.63) is 449 Å². The highest BCUT2D eigenvalue weighted by Crippen LogP contribution is 2.45. The summed E-state index contributed by atoms with van der Waals surface area (Å²) in [6, 6.07) is 156. The van der Waals surface area contributed by atoms with Crippen molar-refractivity contribution in [3.8, 4) is 123 Å². The highest BCUT2D eigenvalue weighted by molar-refractivity contribution is 6.17. The zero-order valence-electron chi connectivity index (χ0n) is 69.6. The number of aromatic nitrogens is 6. The first-order valence-corrected chi connectivity index (χ1v) is 43.4. The molecule has 602 valence electrons. The van der Waals surface area contributed by atoms with E-state index in [1.54, 1.807) is 0 Å². The number of nitrogens with zero attached hydrogens (tertiary/aromatic N) is 6. The smallest absolute Gasteiger partial charge is 0.160 e. The van der Waals surface area contributed by atoms with E-state index in [4.69, 9.17) is 43.2 Å². The van der Waals surface area contributed by atoms with Crippen molar-refractivity contribution in [2.75, 3.05) is 0 Å². The number of fused-ring (bicyclic) bond motifs is 18. The van der Waals surface area contributed by atoms with Gasteiger partial charge in [-0.15, -0.1) is 0 Å². The van der Waals surface area contributed by atoms with E-state index in [-0.39, 0.29) is 0 Å². The van der Waals surface area contributed by atoms with Gasteiger partial charge in [-0.1, -0.05) is 370 Å². The third kappa shape index (κ3) is 13.9. The summed E-state index contributed by atoms with van der Waals surface area (Å²) in [7, 11) is 0. The second-order valence-corrected chi connectivity index (χ2v) is 32.6. The molecule has 0 aliphatic heterocycles. The first kappa shape index (κ1) is 75.4. The second kappa shape index (κ2) is 32.0. The van der Waals surface area contributed by atoms with Gasteiger partial charge in [0.05, 0.1) is 56.1 Å². The van der Waals surface area contributed by atoms with Gasteiger partial charge in [0.15, 0.2) is 5.82 Å². The predicted molar refractivity (Wildman–Crippen MR) is 533 cm³/mol. The molecule has 129 heavy (non-hydrogen) atoms. The Labute approximate surface area is 741 Å². The number of furan rings is 3. The summed E-state index contributed by atoms with van der Waals surface area (Å²) < 4.78 is 18.3. The van der Waals surface area contributed by atoms with Crippen molar-refractivity contribution in [1.29, 1.82) is 0 Å². The van der Waals surface area contributed by atoms with Gasteiger partial charge in [-0.2, -0.15) is 0 Å². The Bertz CT molecular complexity index is 8840. The third-order valence-corrected chi connectivity index (χ3v) is 24.8. The molecule has 0 fully saturated rings. The lowest BCUT2D eigenvalue weighted by molar-refractivity contribution is 0.668. The van der Waals surface area contributed by atoms with E-state index in [1.807, 2.05) is 115 Å². The zero-order valence-corrected chi connectivity index (χ0v) is 69.6. The summed E-state index contributed by atoms with van der Waals surface area (Å²) in [6.07, 6.45) is 0. The maximum atomic E-state index is 6.14. The minimum Gasteiger partial charge on any atom is -0.456 e. The highest BCUT2D eigenvalue weighted by atomic mass is 16.3. The van der Waals surface area contributed by atoms with Crippen LogP contribution in [0.1, 0.15) is 0 Å². The molecule has 0 radical (unpaired) electrons. The van der Waals surface area contributed by atoms with Crippen molar-refractivity contribution >= 4 is 131 Å². The zero-order chi connectivity index (χ0) is 85.2. The van der Waals surface area contributed by atoms with Crippen LogP contribution in [0.15, 0.2) is 462 Å². The lowest BCUT2D eigenvalue weighted by Gasteiger charge is -2.13.